The van der Waals surface area contributed by atoms with Gasteiger partial charge in [-0.05, 0) is 24.3 Å². The van der Waals surface area contributed by atoms with E-state index < -0.39 is 5.91 Å². The molecule has 2 heterocycles. The number of rotatable bonds is 3. The molecule has 1 saturated heterocycles. The molecule has 0 aliphatic carbocycles. The van der Waals surface area contributed by atoms with E-state index in [0.717, 1.165) is 42.6 Å². The highest BCUT2D eigenvalue weighted by Gasteiger charge is 2.19. The lowest BCUT2D eigenvalue weighted by Crippen LogP contribution is -2.46. The van der Waals surface area contributed by atoms with Gasteiger partial charge in [0.05, 0.1) is 10.7 Å². The molecular formula is C16H17ClN4O. The number of amides is 1. The molecule has 1 aliphatic rings. The van der Waals surface area contributed by atoms with Crippen LogP contribution in [0.25, 0.3) is 0 Å². The maximum absolute atomic E-state index is 11.2. The highest BCUT2D eigenvalue weighted by Crippen LogP contribution is 2.27. The van der Waals surface area contributed by atoms with Crippen LogP contribution in [0.15, 0.2) is 42.6 Å². The Morgan fingerprint density at radius 2 is 1.77 bits per heavy atom. The van der Waals surface area contributed by atoms with E-state index in [1.54, 1.807) is 12.3 Å². The number of para-hydroxylation sites is 1. The Hall–Kier alpha value is -2.27. The summed E-state index contributed by atoms with van der Waals surface area (Å²) in [6, 6.07) is 11.5. The highest BCUT2D eigenvalue weighted by atomic mass is 35.5. The van der Waals surface area contributed by atoms with Gasteiger partial charge in [0.15, 0.2) is 0 Å². The molecule has 5 nitrogen and oxygen atoms in total. The molecule has 114 valence electrons. The molecule has 1 aromatic heterocycles. The Bertz CT molecular complexity index is 683. The molecule has 0 saturated carbocycles. The zero-order valence-electron chi connectivity index (χ0n) is 12.1. The van der Waals surface area contributed by atoms with Crippen LogP contribution < -0.4 is 15.5 Å². The Morgan fingerprint density at radius 3 is 2.45 bits per heavy atom. The van der Waals surface area contributed by atoms with Gasteiger partial charge in [0, 0.05) is 38.1 Å². The van der Waals surface area contributed by atoms with Crippen molar-refractivity contribution in [2.75, 3.05) is 36.0 Å². The number of primary amides is 1. The summed E-state index contributed by atoms with van der Waals surface area (Å²) in [7, 11) is 0. The first kappa shape index (κ1) is 14.7. The summed E-state index contributed by atoms with van der Waals surface area (Å²) in [5.74, 6) is -0.503. The fourth-order valence-electron chi connectivity index (χ4n) is 2.66. The zero-order valence-corrected chi connectivity index (χ0v) is 12.8. The van der Waals surface area contributed by atoms with Gasteiger partial charge in [-0.1, -0.05) is 23.7 Å². The van der Waals surface area contributed by atoms with Gasteiger partial charge >= 0.3 is 0 Å². The number of hydrogen-bond donors (Lipinski definition) is 1. The summed E-state index contributed by atoms with van der Waals surface area (Å²) >= 11 is 6.25. The van der Waals surface area contributed by atoms with Crippen LogP contribution in [0.4, 0.5) is 11.4 Å². The van der Waals surface area contributed by atoms with Crippen LogP contribution in [0, 0.1) is 0 Å². The Balaban J connectivity index is 1.71. The van der Waals surface area contributed by atoms with Gasteiger partial charge in [-0.3, -0.25) is 9.78 Å². The van der Waals surface area contributed by atoms with E-state index in [2.05, 4.69) is 14.8 Å². The molecule has 0 radical (unpaired) electrons. The van der Waals surface area contributed by atoms with Crippen molar-refractivity contribution >= 4 is 28.9 Å². The van der Waals surface area contributed by atoms with Gasteiger partial charge in [0.2, 0.25) is 0 Å². The van der Waals surface area contributed by atoms with Crippen molar-refractivity contribution in [1.29, 1.82) is 0 Å². The number of nitrogens with zero attached hydrogens (tertiary/aromatic N) is 3. The smallest absolute Gasteiger partial charge is 0.267 e. The second-order valence-corrected chi connectivity index (χ2v) is 5.60. The van der Waals surface area contributed by atoms with Crippen molar-refractivity contribution in [3.63, 3.8) is 0 Å². The topological polar surface area (TPSA) is 62.5 Å². The molecule has 2 aromatic rings. The second-order valence-electron chi connectivity index (χ2n) is 5.19. The predicted octanol–water partition coefficient (Wildman–Crippen LogP) is 2.16. The molecule has 0 atom stereocenters. The average Bonchev–Trinajstić information content (AvgIpc) is 2.56. The number of aromatic nitrogens is 1. The number of piperazine rings is 1. The second kappa shape index (κ2) is 6.23. The van der Waals surface area contributed by atoms with E-state index in [0.29, 0.717) is 5.69 Å². The van der Waals surface area contributed by atoms with Crippen LogP contribution in [-0.2, 0) is 0 Å². The van der Waals surface area contributed by atoms with E-state index in [9.17, 15) is 4.79 Å². The summed E-state index contributed by atoms with van der Waals surface area (Å²) < 4.78 is 0. The number of hydrogen-bond acceptors (Lipinski definition) is 4. The van der Waals surface area contributed by atoms with Gasteiger partial charge in [-0.2, -0.15) is 0 Å². The third kappa shape index (κ3) is 2.99. The molecule has 2 N–H and O–H groups in total. The number of halogens is 1. The van der Waals surface area contributed by atoms with Gasteiger partial charge in [-0.15, -0.1) is 0 Å². The molecular weight excluding hydrogens is 300 g/mol. The van der Waals surface area contributed by atoms with Crippen molar-refractivity contribution < 1.29 is 4.79 Å². The van der Waals surface area contributed by atoms with Crippen molar-refractivity contribution in [2.45, 2.75) is 0 Å². The van der Waals surface area contributed by atoms with Crippen molar-refractivity contribution in [1.82, 2.24) is 4.98 Å². The van der Waals surface area contributed by atoms with E-state index >= 15 is 0 Å². The van der Waals surface area contributed by atoms with Crippen LogP contribution in [0.1, 0.15) is 10.5 Å². The molecule has 6 heteroatoms. The minimum atomic E-state index is -0.503. The van der Waals surface area contributed by atoms with Gasteiger partial charge in [0.1, 0.15) is 5.69 Å². The van der Waals surface area contributed by atoms with Crippen molar-refractivity contribution in [3.05, 3.63) is 53.3 Å². The van der Waals surface area contributed by atoms with Crippen LogP contribution in [0.3, 0.4) is 0 Å². The standard InChI is InChI=1S/C16H17ClN4O/c17-13-3-1-2-4-15(13)21-9-7-20(8-10-21)12-5-6-19-14(11-12)16(18)22/h1-6,11H,7-10H2,(H2,18,22). The van der Waals surface area contributed by atoms with E-state index in [4.69, 9.17) is 17.3 Å². The number of pyridine rings is 1. The van der Waals surface area contributed by atoms with Gasteiger partial charge in [0.25, 0.3) is 5.91 Å². The van der Waals surface area contributed by atoms with Crippen LogP contribution in [0.5, 0.6) is 0 Å². The maximum Gasteiger partial charge on any atom is 0.267 e. The number of carbonyl (C=O) groups is 1. The molecule has 3 rings (SSSR count). The molecule has 0 spiro atoms. The lowest BCUT2D eigenvalue weighted by Gasteiger charge is -2.37. The Kier molecular flexibility index (Phi) is 4.15. The van der Waals surface area contributed by atoms with E-state index in [1.165, 1.54) is 0 Å². The molecule has 1 amide bonds. The van der Waals surface area contributed by atoms with E-state index in [-0.39, 0.29) is 0 Å². The summed E-state index contributed by atoms with van der Waals surface area (Å²) in [6.45, 7) is 3.46. The number of benzene rings is 1. The lowest BCUT2D eigenvalue weighted by molar-refractivity contribution is 0.0995. The first-order valence-corrected chi connectivity index (χ1v) is 7.53. The fourth-order valence-corrected chi connectivity index (χ4v) is 2.92. The molecule has 0 unspecified atom stereocenters. The van der Waals surface area contributed by atoms with Crippen LogP contribution in [0.2, 0.25) is 5.02 Å². The third-order valence-corrected chi connectivity index (χ3v) is 4.15. The zero-order chi connectivity index (χ0) is 15.5. The van der Waals surface area contributed by atoms with Crippen LogP contribution >= 0.6 is 11.6 Å². The molecule has 0 bridgehead atoms. The predicted molar refractivity (Wildman–Crippen MR) is 88.6 cm³/mol. The summed E-state index contributed by atoms with van der Waals surface area (Å²) in [5, 5.41) is 0.774. The molecule has 1 aromatic carbocycles. The number of anilines is 2. The van der Waals surface area contributed by atoms with Crippen molar-refractivity contribution in [2.24, 2.45) is 5.73 Å². The third-order valence-electron chi connectivity index (χ3n) is 3.83. The lowest BCUT2D eigenvalue weighted by atomic mass is 10.2. The molecule has 1 fully saturated rings. The first-order chi connectivity index (χ1) is 10.6. The number of carbonyl (C=O) groups excluding carboxylic acids is 1. The Morgan fingerprint density at radius 1 is 1.09 bits per heavy atom. The maximum atomic E-state index is 11.2. The Labute approximate surface area is 134 Å². The highest BCUT2D eigenvalue weighted by molar-refractivity contribution is 6.33. The first-order valence-electron chi connectivity index (χ1n) is 7.15. The summed E-state index contributed by atoms with van der Waals surface area (Å²) in [6.07, 6.45) is 1.62. The van der Waals surface area contributed by atoms with Crippen molar-refractivity contribution in [3.8, 4) is 0 Å². The largest absolute Gasteiger partial charge is 0.368 e. The van der Waals surface area contributed by atoms with Gasteiger partial charge < -0.3 is 15.5 Å². The quantitative estimate of drug-likeness (QED) is 0.942. The van der Waals surface area contributed by atoms with E-state index in [1.807, 2.05) is 30.3 Å². The molecule has 22 heavy (non-hydrogen) atoms. The monoisotopic (exact) mass is 316 g/mol. The minimum absolute atomic E-state index is 0.297. The van der Waals surface area contributed by atoms with Gasteiger partial charge in [-0.25, -0.2) is 0 Å². The number of nitrogens with two attached hydrogens (primary N) is 1. The average molecular weight is 317 g/mol. The summed E-state index contributed by atoms with van der Waals surface area (Å²) in [5.41, 5.74) is 7.62. The minimum Gasteiger partial charge on any atom is -0.368 e. The normalized spacial score (nSPS) is 15.0. The molecule has 1 aliphatic heterocycles. The SMILES string of the molecule is NC(=O)c1cc(N2CCN(c3ccccc3Cl)CC2)ccn1. The fraction of sp³-hybridized carbons (Fsp3) is 0.250. The summed E-state index contributed by atoms with van der Waals surface area (Å²) in [4.78, 5) is 19.7. The van der Waals surface area contributed by atoms with Crippen LogP contribution in [-0.4, -0.2) is 37.1 Å².